The highest BCUT2D eigenvalue weighted by Gasteiger charge is 2.28. The molecule has 0 aromatic heterocycles. The van der Waals surface area contributed by atoms with Crippen LogP contribution in [0.5, 0.6) is 0 Å². The van der Waals surface area contributed by atoms with Crippen molar-refractivity contribution in [1.29, 1.82) is 0 Å². The Morgan fingerprint density at radius 1 is 1.28 bits per heavy atom. The van der Waals surface area contributed by atoms with E-state index in [9.17, 15) is 0 Å². The molecule has 1 aliphatic rings. The first-order chi connectivity index (χ1) is 8.86. The van der Waals surface area contributed by atoms with Crippen molar-refractivity contribution in [3.63, 3.8) is 0 Å². The first-order valence-corrected chi connectivity index (χ1v) is 7.32. The van der Waals surface area contributed by atoms with Gasteiger partial charge < -0.3 is 5.32 Å². The first-order valence-electron chi connectivity index (χ1n) is 7.32. The molecule has 2 nitrogen and oxygen atoms in total. The second-order valence-electron chi connectivity index (χ2n) is 5.28. The number of piperidine rings is 1. The van der Waals surface area contributed by atoms with Crippen LogP contribution in [0.3, 0.4) is 0 Å². The molecule has 1 heterocycles. The van der Waals surface area contributed by atoms with Crippen LogP contribution < -0.4 is 5.32 Å². The van der Waals surface area contributed by atoms with Crippen LogP contribution in [-0.2, 0) is 0 Å². The SMILES string of the molecule is CCC1CCCCN1C(CNC)c1ccccc1. The van der Waals surface area contributed by atoms with E-state index in [0.29, 0.717) is 6.04 Å². The first kappa shape index (κ1) is 13.6. The molecule has 1 saturated heterocycles. The van der Waals surface area contributed by atoms with Crippen molar-refractivity contribution in [3.8, 4) is 0 Å². The van der Waals surface area contributed by atoms with Crippen LogP contribution in [0.25, 0.3) is 0 Å². The minimum absolute atomic E-state index is 0.529. The molecule has 1 aromatic carbocycles. The quantitative estimate of drug-likeness (QED) is 0.858. The van der Waals surface area contributed by atoms with Gasteiger partial charge in [0.15, 0.2) is 0 Å². The van der Waals surface area contributed by atoms with E-state index in [1.54, 1.807) is 0 Å². The Bertz CT molecular complexity index is 336. The van der Waals surface area contributed by atoms with Gasteiger partial charge in [-0.2, -0.15) is 0 Å². The van der Waals surface area contributed by atoms with Gasteiger partial charge in [0.05, 0.1) is 0 Å². The number of benzene rings is 1. The highest BCUT2D eigenvalue weighted by Crippen LogP contribution is 2.29. The van der Waals surface area contributed by atoms with Gasteiger partial charge in [-0.25, -0.2) is 0 Å². The van der Waals surface area contributed by atoms with Crippen molar-refractivity contribution in [2.75, 3.05) is 20.1 Å². The number of rotatable bonds is 5. The van der Waals surface area contributed by atoms with E-state index in [4.69, 9.17) is 0 Å². The zero-order valence-corrected chi connectivity index (χ0v) is 11.7. The lowest BCUT2D eigenvalue weighted by Crippen LogP contribution is -2.44. The van der Waals surface area contributed by atoms with E-state index < -0.39 is 0 Å². The van der Waals surface area contributed by atoms with Crippen LogP contribution in [0.15, 0.2) is 30.3 Å². The number of hydrogen-bond acceptors (Lipinski definition) is 2. The number of nitrogens with zero attached hydrogens (tertiary/aromatic N) is 1. The molecule has 0 saturated carbocycles. The van der Waals surface area contributed by atoms with Gasteiger partial charge >= 0.3 is 0 Å². The summed E-state index contributed by atoms with van der Waals surface area (Å²) in [6.07, 6.45) is 5.39. The van der Waals surface area contributed by atoms with Gasteiger partial charge in [-0.3, -0.25) is 4.90 Å². The van der Waals surface area contributed by atoms with Crippen LogP contribution in [0, 0.1) is 0 Å². The molecular formula is C16H26N2. The van der Waals surface area contributed by atoms with Crippen molar-refractivity contribution in [3.05, 3.63) is 35.9 Å². The third-order valence-electron chi connectivity index (χ3n) is 4.13. The molecule has 0 spiro atoms. The van der Waals surface area contributed by atoms with E-state index in [1.807, 2.05) is 0 Å². The summed E-state index contributed by atoms with van der Waals surface area (Å²) in [5, 5.41) is 3.37. The normalized spacial score (nSPS) is 22.9. The van der Waals surface area contributed by atoms with Crippen LogP contribution in [0.1, 0.15) is 44.2 Å². The summed E-state index contributed by atoms with van der Waals surface area (Å²) in [5.41, 5.74) is 1.45. The maximum atomic E-state index is 3.37. The second-order valence-corrected chi connectivity index (χ2v) is 5.28. The molecule has 1 aliphatic heterocycles. The highest BCUT2D eigenvalue weighted by atomic mass is 15.2. The monoisotopic (exact) mass is 246 g/mol. The summed E-state index contributed by atoms with van der Waals surface area (Å²) in [7, 11) is 2.06. The molecular weight excluding hydrogens is 220 g/mol. The van der Waals surface area contributed by atoms with E-state index in [1.165, 1.54) is 37.8 Å². The van der Waals surface area contributed by atoms with Gasteiger partial charge in [0.25, 0.3) is 0 Å². The average Bonchev–Trinajstić information content (AvgIpc) is 2.46. The van der Waals surface area contributed by atoms with Crippen molar-refractivity contribution in [1.82, 2.24) is 10.2 Å². The van der Waals surface area contributed by atoms with Gasteiger partial charge in [-0.1, -0.05) is 43.7 Å². The third kappa shape index (κ3) is 3.12. The van der Waals surface area contributed by atoms with Crippen LogP contribution in [0.2, 0.25) is 0 Å². The predicted octanol–water partition coefficient (Wildman–Crippen LogP) is 3.21. The van der Waals surface area contributed by atoms with E-state index in [-0.39, 0.29) is 0 Å². The van der Waals surface area contributed by atoms with Crippen molar-refractivity contribution in [2.45, 2.75) is 44.7 Å². The summed E-state index contributed by atoms with van der Waals surface area (Å²) in [4.78, 5) is 2.72. The van der Waals surface area contributed by atoms with Crippen molar-refractivity contribution >= 4 is 0 Å². The van der Waals surface area contributed by atoms with Crippen LogP contribution in [0.4, 0.5) is 0 Å². The van der Waals surface area contributed by atoms with Gasteiger partial charge in [-0.15, -0.1) is 0 Å². The highest BCUT2D eigenvalue weighted by molar-refractivity contribution is 5.20. The Balaban J connectivity index is 2.18. The average molecular weight is 246 g/mol. The minimum Gasteiger partial charge on any atom is -0.318 e. The summed E-state index contributed by atoms with van der Waals surface area (Å²) >= 11 is 0. The lowest BCUT2D eigenvalue weighted by atomic mass is 9.95. The number of likely N-dealkylation sites (N-methyl/N-ethyl adjacent to an activating group) is 1. The van der Waals surface area contributed by atoms with Crippen molar-refractivity contribution in [2.24, 2.45) is 0 Å². The van der Waals surface area contributed by atoms with E-state index in [0.717, 1.165) is 12.6 Å². The Morgan fingerprint density at radius 3 is 2.72 bits per heavy atom. The molecule has 2 unspecified atom stereocenters. The Morgan fingerprint density at radius 2 is 2.06 bits per heavy atom. The van der Waals surface area contributed by atoms with Crippen molar-refractivity contribution < 1.29 is 0 Å². The number of likely N-dealkylation sites (tertiary alicyclic amines) is 1. The largest absolute Gasteiger partial charge is 0.318 e. The Kier molecular flexibility index (Phi) is 5.21. The lowest BCUT2D eigenvalue weighted by Gasteiger charge is -2.41. The third-order valence-corrected chi connectivity index (χ3v) is 4.13. The van der Waals surface area contributed by atoms with E-state index in [2.05, 4.69) is 54.5 Å². The molecule has 0 aliphatic carbocycles. The molecule has 1 fully saturated rings. The zero-order chi connectivity index (χ0) is 12.8. The van der Waals surface area contributed by atoms with Crippen LogP contribution in [-0.4, -0.2) is 31.1 Å². The number of nitrogens with one attached hydrogen (secondary N) is 1. The molecule has 18 heavy (non-hydrogen) atoms. The minimum atomic E-state index is 0.529. The molecule has 1 aromatic rings. The molecule has 0 amide bonds. The van der Waals surface area contributed by atoms with E-state index >= 15 is 0 Å². The summed E-state index contributed by atoms with van der Waals surface area (Å²) in [6, 6.07) is 12.2. The topological polar surface area (TPSA) is 15.3 Å². The summed E-state index contributed by atoms with van der Waals surface area (Å²) in [6.45, 7) is 4.62. The molecule has 0 radical (unpaired) electrons. The maximum absolute atomic E-state index is 3.37. The predicted molar refractivity (Wildman–Crippen MR) is 77.7 cm³/mol. The fraction of sp³-hybridized carbons (Fsp3) is 0.625. The van der Waals surface area contributed by atoms with Crippen LogP contribution >= 0.6 is 0 Å². The fourth-order valence-electron chi connectivity index (χ4n) is 3.17. The smallest absolute Gasteiger partial charge is 0.0475 e. The number of hydrogen-bond donors (Lipinski definition) is 1. The van der Waals surface area contributed by atoms with Gasteiger partial charge in [-0.05, 0) is 38.4 Å². The van der Waals surface area contributed by atoms with Gasteiger partial charge in [0.1, 0.15) is 0 Å². The molecule has 100 valence electrons. The molecule has 1 N–H and O–H groups in total. The molecule has 2 atom stereocenters. The fourth-order valence-corrected chi connectivity index (χ4v) is 3.17. The second kappa shape index (κ2) is 6.91. The Labute approximate surface area is 111 Å². The van der Waals surface area contributed by atoms with Gasteiger partial charge in [0, 0.05) is 18.6 Å². The lowest BCUT2D eigenvalue weighted by molar-refractivity contribution is 0.0913. The maximum Gasteiger partial charge on any atom is 0.0475 e. The summed E-state index contributed by atoms with van der Waals surface area (Å²) in [5.74, 6) is 0. The molecule has 2 rings (SSSR count). The molecule has 2 heteroatoms. The van der Waals surface area contributed by atoms with Gasteiger partial charge in [0.2, 0.25) is 0 Å². The zero-order valence-electron chi connectivity index (χ0n) is 11.7. The summed E-state index contributed by atoms with van der Waals surface area (Å²) < 4.78 is 0. The Hall–Kier alpha value is -0.860. The standard InChI is InChI=1S/C16H26N2/c1-3-15-11-7-8-12-18(15)16(13-17-2)14-9-5-4-6-10-14/h4-6,9-10,15-17H,3,7-8,11-13H2,1-2H3. The molecule has 0 bridgehead atoms.